The minimum atomic E-state index is 0.946. The van der Waals surface area contributed by atoms with Crippen molar-refractivity contribution in [2.24, 2.45) is 0 Å². The number of hydrogen-bond acceptors (Lipinski definition) is 0. The maximum atomic E-state index is 2.33. The van der Waals surface area contributed by atoms with E-state index >= 15 is 0 Å². The van der Waals surface area contributed by atoms with Gasteiger partial charge in [-0.2, -0.15) is 0 Å². The lowest BCUT2D eigenvalue weighted by Gasteiger charge is -2.18. The van der Waals surface area contributed by atoms with Crippen LogP contribution in [-0.4, -0.2) is 0 Å². The minimum Gasteiger partial charge on any atom is -0.0616 e. The molecule has 30 heavy (non-hydrogen) atoms. The molecule has 0 aliphatic rings. The normalized spacial score (nSPS) is 11.3. The van der Waals surface area contributed by atoms with E-state index in [1.54, 1.807) is 0 Å². The highest BCUT2D eigenvalue weighted by molar-refractivity contribution is 6.06. The monoisotopic (exact) mass is 386 g/mol. The summed E-state index contributed by atoms with van der Waals surface area (Å²) in [4.78, 5) is 0. The quantitative estimate of drug-likeness (QED) is 0.293. The first-order chi connectivity index (χ1) is 14.6. The predicted octanol–water partition coefficient (Wildman–Crippen LogP) is 8.18. The van der Waals surface area contributed by atoms with Crippen molar-refractivity contribution < 1.29 is 0 Å². The zero-order valence-electron chi connectivity index (χ0n) is 17.9. The summed E-state index contributed by atoms with van der Waals surface area (Å²) in [6, 6.07) is 33.4. The first-order valence-corrected chi connectivity index (χ1v) is 10.7. The van der Waals surface area contributed by atoms with Gasteiger partial charge in [-0.05, 0) is 82.1 Å². The average molecular weight is 387 g/mol. The summed E-state index contributed by atoms with van der Waals surface area (Å²) in [5, 5.41) is 5.22. The number of fused-ring (bicyclic) bond motifs is 2. The van der Waals surface area contributed by atoms with Crippen LogP contribution >= 0.6 is 0 Å². The van der Waals surface area contributed by atoms with Gasteiger partial charge in [-0.1, -0.05) is 96.6 Å². The molecule has 0 heterocycles. The average Bonchev–Trinajstić information content (AvgIpc) is 2.75. The lowest BCUT2D eigenvalue weighted by molar-refractivity contribution is 1.12. The Bertz CT molecular complexity index is 1360. The third-order valence-electron chi connectivity index (χ3n) is 6.28. The van der Waals surface area contributed by atoms with Crippen LogP contribution in [0.5, 0.6) is 0 Å². The molecule has 0 spiro atoms. The number of hydrogen-bond donors (Lipinski definition) is 0. The molecule has 0 saturated carbocycles. The smallest absolute Gasteiger partial charge is 0.00141 e. The summed E-state index contributed by atoms with van der Waals surface area (Å²) in [6.07, 6.45) is 0.946. The van der Waals surface area contributed by atoms with E-state index in [9.17, 15) is 0 Å². The van der Waals surface area contributed by atoms with Crippen molar-refractivity contribution in [2.45, 2.75) is 27.2 Å². The van der Waals surface area contributed by atoms with Crippen LogP contribution in [-0.2, 0) is 6.42 Å². The molecule has 0 N–H and O–H groups in total. The molecular formula is C30H26. The van der Waals surface area contributed by atoms with Crippen LogP contribution in [0, 0.1) is 20.8 Å². The standard InChI is InChI=1S/C30H26/c1-20-17-21(2)29(22(3)18-20)19-25-16-15-24-10-5-7-13-27(24)30(25)28-14-8-11-23-9-4-6-12-26(23)28/h4-18H,19H2,1-3H3. The van der Waals surface area contributed by atoms with Crippen molar-refractivity contribution in [3.63, 3.8) is 0 Å². The van der Waals surface area contributed by atoms with Gasteiger partial charge in [0.05, 0.1) is 0 Å². The molecule has 0 aliphatic carbocycles. The molecule has 0 nitrogen and oxygen atoms in total. The van der Waals surface area contributed by atoms with Crippen molar-refractivity contribution in [2.75, 3.05) is 0 Å². The molecule has 0 aromatic heterocycles. The SMILES string of the molecule is Cc1cc(C)c(Cc2ccc3ccccc3c2-c2cccc3ccccc23)c(C)c1. The van der Waals surface area contributed by atoms with E-state index in [-0.39, 0.29) is 0 Å². The summed E-state index contributed by atoms with van der Waals surface area (Å²) >= 11 is 0. The van der Waals surface area contributed by atoms with Crippen LogP contribution in [0.4, 0.5) is 0 Å². The Morgan fingerprint density at radius 2 is 1.17 bits per heavy atom. The summed E-state index contributed by atoms with van der Waals surface area (Å²) in [6.45, 7) is 6.67. The Balaban J connectivity index is 1.81. The van der Waals surface area contributed by atoms with E-state index in [4.69, 9.17) is 0 Å². The van der Waals surface area contributed by atoms with Gasteiger partial charge in [-0.3, -0.25) is 0 Å². The Morgan fingerprint density at radius 1 is 0.567 bits per heavy atom. The summed E-state index contributed by atoms with van der Waals surface area (Å²) < 4.78 is 0. The maximum absolute atomic E-state index is 2.33. The largest absolute Gasteiger partial charge is 0.0616 e. The summed E-state index contributed by atoms with van der Waals surface area (Å²) in [7, 11) is 0. The first-order valence-electron chi connectivity index (χ1n) is 10.7. The highest BCUT2D eigenvalue weighted by atomic mass is 14.2. The van der Waals surface area contributed by atoms with Gasteiger partial charge in [0, 0.05) is 0 Å². The van der Waals surface area contributed by atoms with Gasteiger partial charge in [0.2, 0.25) is 0 Å². The zero-order valence-corrected chi connectivity index (χ0v) is 17.9. The fraction of sp³-hybridized carbons (Fsp3) is 0.133. The predicted molar refractivity (Wildman–Crippen MR) is 130 cm³/mol. The minimum absolute atomic E-state index is 0.946. The zero-order chi connectivity index (χ0) is 20.7. The third-order valence-corrected chi connectivity index (χ3v) is 6.28. The second kappa shape index (κ2) is 7.46. The molecule has 0 amide bonds. The van der Waals surface area contributed by atoms with E-state index in [0.717, 1.165) is 6.42 Å². The van der Waals surface area contributed by atoms with Crippen LogP contribution in [0.15, 0.2) is 91.0 Å². The number of aryl methyl sites for hydroxylation is 3. The molecule has 5 aromatic carbocycles. The first kappa shape index (κ1) is 18.6. The Morgan fingerprint density at radius 3 is 1.90 bits per heavy atom. The van der Waals surface area contributed by atoms with E-state index in [1.807, 2.05) is 0 Å². The fourth-order valence-corrected chi connectivity index (χ4v) is 4.90. The van der Waals surface area contributed by atoms with Gasteiger partial charge in [0.25, 0.3) is 0 Å². The molecule has 5 rings (SSSR count). The topological polar surface area (TPSA) is 0 Å². The van der Waals surface area contributed by atoms with Crippen LogP contribution < -0.4 is 0 Å². The van der Waals surface area contributed by atoms with Crippen LogP contribution in [0.2, 0.25) is 0 Å². The molecule has 0 atom stereocenters. The van der Waals surface area contributed by atoms with Gasteiger partial charge in [0.1, 0.15) is 0 Å². The van der Waals surface area contributed by atoms with Crippen LogP contribution in [0.3, 0.4) is 0 Å². The lowest BCUT2D eigenvalue weighted by atomic mass is 9.86. The van der Waals surface area contributed by atoms with Crippen molar-refractivity contribution in [3.05, 3.63) is 119 Å². The molecule has 0 heteroatoms. The van der Waals surface area contributed by atoms with Gasteiger partial charge in [-0.15, -0.1) is 0 Å². The molecule has 0 fully saturated rings. The van der Waals surface area contributed by atoms with Crippen LogP contribution in [0.1, 0.15) is 27.8 Å². The Hall–Kier alpha value is -3.38. The lowest BCUT2D eigenvalue weighted by Crippen LogP contribution is -1.99. The fourth-order valence-electron chi connectivity index (χ4n) is 4.90. The molecule has 0 bridgehead atoms. The van der Waals surface area contributed by atoms with E-state index in [2.05, 4.69) is 112 Å². The second-order valence-corrected chi connectivity index (χ2v) is 8.40. The molecule has 0 radical (unpaired) electrons. The molecule has 0 saturated heterocycles. The highest BCUT2D eigenvalue weighted by Crippen LogP contribution is 2.38. The van der Waals surface area contributed by atoms with Crippen LogP contribution in [0.25, 0.3) is 32.7 Å². The van der Waals surface area contributed by atoms with E-state index < -0.39 is 0 Å². The third kappa shape index (κ3) is 3.19. The Kier molecular flexibility index (Phi) is 4.64. The number of rotatable bonds is 3. The van der Waals surface area contributed by atoms with Crippen molar-refractivity contribution in [1.82, 2.24) is 0 Å². The van der Waals surface area contributed by atoms with Crippen molar-refractivity contribution >= 4 is 21.5 Å². The van der Waals surface area contributed by atoms with Gasteiger partial charge >= 0.3 is 0 Å². The van der Waals surface area contributed by atoms with Crippen molar-refractivity contribution in [3.8, 4) is 11.1 Å². The Labute approximate surface area is 178 Å². The van der Waals surface area contributed by atoms with Gasteiger partial charge < -0.3 is 0 Å². The second-order valence-electron chi connectivity index (χ2n) is 8.40. The molecular weight excluding hydrogens is 360 g/mol. The molecule has 0 unspecified atom stereocenters. The van der Waals surface area contributed by atoms with E-state index in [0.29, 0.717) is 0 Å². The number of benzene rings is 5. The maximum Gasteiger partial charge on any atom is -0.00141 e. The van der Waals surface area contributed by atoms with Gasteiger partial charge in [-0.25, -0.2) is 0 Å². The molecule has 5 aromatic rings. The molecule has 146 valence electrons. The summed E-state index contributed by atoms with van der Waals surface area (Å²) in [5.74, 6) is 0. The van der Waals surface area contributed by atoms with Gasteiger partial charge in [0.15, 0.2) is 0 Å². The van der Waals surface area contributed by atoms with E-state index in [1.165, 1.54) is 60.5 Å². The highest BCUT2D eigenvalue weighted by Gasteiger charge is 2.15. The summed E-state index contributed by atoms with van der Waals surface area (Å²) in [5.41, 5.74) is 9.61. The molecule has 0 aliphatic heterocycles. The van der Waals surface area contributed by atoms with Crippen molar-refractivity contribution in [1.29, 1.82) is 0 Å².